The Balaban J connectivity index is 2.79. The molecule has 0 aliphatic carbocycles. The average Bonchev–Trinajstić information content (AvgIpc) is 2.17. The number of aromatic nitrogens is 1. The molecule has 0 bridgehead atoms. The molecule has 0 N–H and O–H groups in total. The molecule has 18 heavy (non-hydrogen) atoms. The van der Waals surface area contributed by atoms with Crippen molar-refractivity contribution >= 4 is 11.6 Å². The van der Waals surface area contributed by atoms with Gasteiger partial charge in [0, 0.05) is 11.8 Å². The molecule has 0 aliphatic heterocycles. The van der Waals surface area contributed by atoms with Crippen molar-refractivity contribution in [1.82, 2.24) is 4.98 Å². The molecule has 0 saturated carbocycles. The monoisotopic (exact) mass is 293 g/mol. The van der Waals surface area contributed by atoms with Crippen LogP contribution in [-0.2, 0) is 11.3 Å². The maximum absolute atomic E-state index is 12.1. The topological polar surface area (TPSA) is 22.1 Å². The first-order valence-electron chi connectivity index (χ1n) is 4.47. The van der Waals surface area contributed by atoms with Gasteiger partial charge in [0.1, 0.15) is 5.15 Å². The van der Waals surface area contributed by atoms with E-state index in [0.29, 0.717) is 0 Å². The maximum atomic E-state index is 12.1. The summed E-state index contributed by atoms with van der Waals surface area (Å²) in [5.41, 5.74) is -0.0577. The van der Waals surface area contributed by atoms with Crippen molar-refractivity contribution in [2.45, 2.75) is 25.1 Å². The fourth-order valence-electron chi connectivity index (χ4n) is 1.07. The minimum atomic E-state index is -5.53. The van der Waals surface area contributed by atoms with E-state index in [2.05, 4.69) is 9.72 Å². The Labute approximate surface area is 103 Å². The summed E-state index contributed by atoms with van der Waals surface area (Å²) in [4.78, 5) is 3.50. The number of ether oxygens (including phenoxy) is 1. The van der Waals surface area contributed by atoms with Crippen LogP contribution in [0.1, 0.15) is 5.56 Å². The minimum Gasteiger partial charge on any atom is -0.356 e. The Kier molecular flexibility index (Phi) is 4.44. The van der Waals surface area contributed by atoms with Crippen molar-refractivity contribution in [3.8, 4) is 0 Å². The number of rotatable bonds is 3. The molecule has 1 aromatic rings. The fourth-order valence-corrected chi connectivity index (χ4v) is 1.25. The summed E-state index contributed by atoms with van der Waals surface area (Å²) >= 11 is 5.48. The average molecular weight is 294 g/mol. The molecule has 0 saturated heterocycles. The lowest BCUT2D eigenvalue weighted by Crippen LogP contribution is -2.44. The van der Waals surface area contributed by atoms with Gasteiger partial charge in [0.2, 0.25) is 6.10 Å². The lowest BCUT2D eigenvalue weighted by molar-refractivity contribution is -0.324. The van der Waals surface area contributed by atoms with Crippen LogP contribution < -0.4 is 0 Å². The molecular weight excluding hydrogens is 288 g/mol. The van der Waals surface area contributed by atoms with Crippen molar-refractivity contribution in [2.75, 3.05) is 0 Å². The van der Waals surface area contributed by atoms with Crippen molar-refractivity contribution in [2.24, 2.45) is 0 Å². The third kappa shape index (κ3) is 4.02. The van der Waals surface area contributed by atoms with Gasteiger partial charge >= 0.3 is 12.4 Å². The number of hydrogen-bond acceptors (Lipinski definition) is 2. The zero-order valence-electron chi connectivity index (χ0n) is 8.52. The molecule has 9 heteroatoms. The number of nitrogens with zero attached hydrogens (tertiary/aromatic N) is 1. The van der Waals surface area contributed by atoms with Gasteiger partial charge in [-0.15, -0.1) is 0 Å². The van der Waals surface area contributed by atoms with Gasteiger partial charge in [0.05, 0.1) is 6.61 Å². The lowest BCUT2D eigenvalue weighted by atomic mass is 10.3. The molecule has 0 amide bonds. The summed E-state index contributed by atoms with van der Waals surface area (Å²) in [6, 6.07) is 2.54. The molecule has 0 spiro atoms. The van der Waals surface area contributed by atoms with Crippen LogP contribution in [0.2, 0.25) is 5.15 Å². The van der Waals surface area contributed by atoms with Gasteiger partial charge in [0.25, 0.3) is 0 Å². The van der Waals surface area contributed by atoms with Crippen LogP contribution in [0.4, 0.5) is 26.3 Å². The third-order valence-electron chi connectivity index (χ3n) is 1.84. The lowest BCUT2D eigenvalue weighted by Gasteiger charge is -2.23. The van der Waals surface area contributed by atoms with Gasteiger partial charge in [-0.3, -0.25) is 0 Å². The first-order valence-corrected chi connectivity index (χ1v) is 4.84. The Hall–Kier alpha value is -1.02. The third-order valence-corrected chi connectivity index (χ3v) is 2.18. The fraction of sp³-hybridized carbons (Fsp3) is 0.444. The highest BCUT2D eigenvalue weighted by Gasteiger charge is 2.57. The molecule has 1 aromatic heterocycles. The SMILES string of the molecule is FC(F)(F)C(OCc1cccnc1Cl)C(F)(F)F. The van der Waals surface area contributed by atoms with Gasteiger partial charge in [-0.2, -0.15) is 26.3 Å². The Morgan fingerprint density at radius 3 is 2.17 bits per heavy atom. The molecule has 0 aliphatic rings. The van der Waals surface area contributed by atoms with E-state index in [1.54, 1.807) is 0 Å². The molecule has 0 unspecified atom stereocenters. The molecule has 102 valence electrons. The first kappa shape index (κ1) is 15.0. The van der Waals surface area contributed by atoms with E-state index < -0.39 is 25.1 Å². The van der Waals surface area contributed by atoms with Crippen molar-refractivity contribution in [3.63, 3.8) is 0 Å². The smallest absolute Gasteiger partial charge is 0.356 e. The van der Waals surface area contributed by atoms with E-state index in [4.69, 9.17) is 11.6 Å². The van der Waals surface area contributed by atoms with Gasteiger partial charge in [0.15, 0.2) is 0 Å². The summed E-state index contributed by atoms with van der Waals surface area (Å²) in [7, 11) is 0. The van der Waals surface area contributed by atoms with E-state index in [1.807, 2.05) is 0 Å². The van der Waals surface area contributed by atoms with Crippen LogP contribution in [0.3, 0.4) is 0 Å². The summed E-state index contributed by atoms with van der Waals surface area (Å²) in [6.07, 6.45) is -13.7. The quantitative estimate of drug-likeness (QED) is 0.625. The van der Waals surface area contributed by atoms with Crippen LogP contribution in [0.5, 0.6) is 0 Å². The minimum absolute atomic E-state index is 0.0577. The second-order valence-corrected chi connectivity index (χ2v) is 3.59. The summed E-state index contributed by atoms with van der Waals surface area (Å²) in [6.45, 7) is -0.934. The highest BCUT2D eigenvalue weighted by atomic mass is 35.5. The largest absolute Gasteiger partial charge is 0.423 e. The molecule has 0 aromatic carbocycles. The van der Waals surface area contributed by atoms with Crippen LogP contribution in [0, 0.1) is 0 Å². The molecule has 0 atom stereocenters. The predicted molar refractivity (Wildman–Crippen MR) is 49.9 cm³/mol. The van der Waals surface area contributed by atoms with Crippen molar-refractivity contribution in [3.05, 3.63) is 29.0 Å². The van der Waals surface area contributed by atoms with Crippen molar-refractivity contribution in [1.29, 1.82) is 0 Å². The molecular formula is C9H6ClF6NO. The number of alkyl halides is 6. The van der Waals surface area contributed by atoms with E-state index >= 15 is 0 Å². The van der Waals surface area contributed by atoms with Crippen LogP contribution in [-0.4, -0.2) is 23.4 Å². The van der Waals surface area contributed by atoms with Gasteiger partial charge in [-0.1, -0.05) is 17.7 Å². The highest BCUT2D eigenvalue weighted by molar-refractivity contribution is 6.30. The molecule has 2 nitrogen and oxygen atoms in total. The Morgan fingerprint density at radius 1 is 1.17 bits per heavy atom. The Morgan fingerprint density at radius 2 is 1.72 bits per heavy atom. The van der Waals surface area contributed by atoms with Crippen LogP contribution in [0.25, 0.3) is 0 Å². The summed E-state index contributed by atoms with van der Waals surface area (Å²) in [5, 5.41) is -0.208. The normalized spacial score (nSPS) is 13.1. The summed E-state index contributed by atoms with van der Waals surface area (Å²) in [5.74, 6) is 0. The van der Waals surface area contributed by atoms with Gasteiger partial charge in [-0.25, -0.2) is 4.98 Å². The molecule has 0 radical (unpaired) electrons. The number of hydrogen-bond donors (Lipinski definition) is 0. The van der Waals surface area contributed by atoms with Crippen molar-refractivity contribution < 1.29 is 31.1 Å². The summed E-state index contributed by atoms with van der Waals surface area (Å²) < 4.78 is 76.6. The number of halogens is 7. The standard InChI is InChI=1S/C9H6ClF6NO/c10-6-5(2-1-3-17-6)4-18-7(8(11,12)13)9(14,15)16/h1-3,7H,4H2. The van der Waals surface area contributed by atoms with E-state index in [9.17, 15) is 26.3 Å². The van der Waals surface area contributed by atoms with Gasteiger partial charge < -0.3 is 4.74 Å². The Bertz CT molecular complexity index is 391. The van der Waals surface area contributed by atoms with Gasteiger partial charge in [-0.05, 0) is 6.07 Å². The number of pyridine rings is 1. The second-order valence-electron chi connectivity index (χ2n) is 3.23. The van der Waals surface area contributed by atoms with E-state index in [0.717, 1.165) is 0 Å². The zero-order valence-corrected chi connectivity index (χ0v) is 9.27. The predicted octanol–water partition coefficient (Wildman–Crippen LogP) is 3.74. The van der Waals surface area contributed by atoms with E-state index in [-0.39, 0.29) is 10.7 Å². The second kappa shape index (κ2) is 5.31. The van der Waals surface area contributed by atoms with E-state index in [1.165, 1.54) is 18.3 Å². The van der Waals surface area contributed by atoms with Crippen LogP contribution in [0.15, 0.2) is 18.3 Å². The zero-order chi connectivity index (χ0) is 14.0. The molecule has 1 heterocycles. The highest BCUT2D eigenvalue weighted by Crippen LogP contribution is 2.36. The maximum Gasteiger partial charge on any atom is 0.423 e. The van der Waals surface area contributed by atoms with Crippen LogP contribution >= 0.6 is 11.6 Å². The molecule has 1 rings (SSSR count). The molecule has 0 fully saturated rings. The first-order chi connectivity index (χ1) is 8.12.